The fourth-order valence-electron chi connectivity index (χ4n) is 3.59. The van der Waals surface area contributed by atoms with Gasteiger partial charge in [-0.3, -0.25) is 14.3 Å². The Morgan fingerprint density at radius 1 is 1.00 bits per heavy atom. The first-order valence-corrected chi connectivity index (χ1v) is 14.0. The van der Waals surface area contributed by atoms with Crippen LogP contribution in [0.5, 0.6) is 11.5 Å². The Labute approximate surface area is 228 Å². The standard InChI is InChI=1S/C25H24BrClN4O5S/c26-18-7-10-22(20(27)15-18)36-23-4-2-1-3-21(23)30-37(34,35)19-8-5-17(6-9-19)25(33)29-16-24(32)31-13-11-28-12-14-31/h1-10,15,28,30H,11-14,16H2,(H,29,33). The molecule has 3 N–H and O–H groups in total. The van der Waals surface area contributed by atoms with E-state index in [4.69, 9.17) is 16.3 Å². The molecular formula is C25H24BrClN4O5S. The number of hydrogen-bond acceptors (Lipinski definition) is 6. The average molecular weight is 608 g/mol. The summed E-state index contributed by atoms with van der Waals surface area (Å²) in [6.45, 7) is 2.51. The molecule has 194 valence electrons. The molecule has 2 amide bonds. The predicted molar refractivity (Wildman–Crippen MR) is 145 cm³/mol. The van der Waals surface area contributed by atoms with Gasteiger partial charge in [-0.1, -0.05) is 39.7 Å². The summed E-state index contributed by atoms with van der Waals surface area (Å²) in [4.78, 5) is 26.3. The molecule has 0 radical (unpaired) electrons. The Morgan fingerprint density at radius 3 is 2.41 bits per heavy atom. The van der Waals surface area contributed by atoms with Gasteiger partial charge in [0.25, 0.3) is 15.9 Å². The summed E-state index contributed by atoms with van der Waals surface area (Å²) in [5, 5.41) is 6.11. The highest BCUT2D eigenvalue weighted by Gasteiger charge is 2.20. The molecule has 0 atom stereocenters. The molecule has 3 aromatic rings. The summed E-state index contributed by atoms with van der Waals surface area (Å²) < 4.78 is 35.2. The van der Waals surface area contributed by atoms with Crippen LogP contribution in [0.1, 0.15) is 10.4 Å². The Balaban J connectivity index is 1.41. The number of nitrogens with one attached hydrogen (secondary N) is 3. The summed E-state index contributed by atoms with van der Waals surface area (Å²) in [5.41, 5.74) is 0.454. The summed E-state index contributed by atoms with van der Waals surface area (Å²) in [7, 11) is -4.00. The zero-order valence-electron chi connectivity index (χ0n) is 19.5. The fourth-order valence-corrected chi connectivity index (χ4v) is 5.37. The van der Waals surface area contributed by atoms with Gasteiger partial charge in [-0.15, -0.1) is 0 Å². The number of halogens is 2. The van der Waals surface area contributed by atoms with Gasteiger partial charge in [0.05, 0.1) is 22.2 Å². The third kappa shape index (κ3) is 7.01. The van der Waals surface area contributed by atoms with Crippen LogP contribution in [0.4, 0.5) is 5.69 Å². The zero-order valence-corrected chi connectivity index (χ0v) is 22.7. The van der Waals surface area contributed by atoms with Gasteiger partial charge in [0.1, 0.15) is 5.75 Å². The second-order valence-corrected chi connectivity index (χ2v) is 11.1. The van der Waals surface area contributed by atoms with Crippen LogP contribution >= 0.6 is 27.5 Å². The number of anilines is 1. The molecule has 0 aromatic heterocycles. The van der Waals surface area contributed by atoms with Crippen molar-refractivity contribution in [3.05, 3.63) is 81.8 Å². The van der Waals surface area contributed by atoms with Crippen molar-refractivity contribution in [1.82, 2.24) is 15.5 Å². The smallest absolute Gasteiger partial charge is 0.262 e. The molecule has 1 saturated heterocycles. The zero-order chi connectivity index (χ0) is 26.4. The van der Waals surface area contributed by atoms with Crippen LogP contribution in [0.3, 0.4) is 0 Å². The third-order valence-electron chi connectivity index (χ3n) is 5.54. The number of carbonyl (C=O) groups excluding carboxylic acids is 2. The van der Waals surface area contributed by atoms with E-state index in [2.05, 4.69) is 31.3 Å². The number of piperazine rings is 1. The number of carbonyl (C=O) groups is 2. The van der Waals surface area contributed by atoms with Gasteiger partial charge in [0.15, 0.2) is 5.75 Å². The molecule has 0 unspecified atom stereocenters. The molecule has 0 bridgehead atoms. The molecule has 12 heteroatoms. The molecule has 3 aromatic carbocycles. The summed E-state index contributed by atoms with van der Waals surface area (Å²) in [6, 6.07) is 17.1. The SMILES string of the molecule is O=C(NCC(=O)N1CCNCC1)c1ccc(S(=O)(=O)Nc2ccccc2Oc2ccc(Br)cc2Cl)cc1. The van der Waals surface area contributed by atoms with Gasteiger partial charge in [-0.05, 0) is 54.6 Å². The highest BCUT2D eigenvalue weighted by molar-refractivity contribution is 9.10. The lowest BCUT2D eigenvalue weighted by Crippen LogP contribution is -2.49. The molecule has 1 fully saturated rings. The predicted octanol–water partition coefficient (Wildman–Crippen LogP) is 3.86. The Bertz CT molecular complexity index is 1400. The highest BCUT2D eigenvalue weighted by atomic mass is 79.9. The van der Waals surface area contributed by atoms with E-state index in [1.165, 1.54) is 24.3 Å². The van der Waals surface area contributed by atoms with E-state index in [0.717, 1.165) is 17.6 Å². The average Bonchev–Trinajstić information content (AvgIpc) is 2.90. The van der Waals surface area contributed by atoms with Crippen molar-refractivity contribution in [1.29, 1.82) is 0 Å². The van der Waals surface area contributed by atoms with Gasteiger partial charge < -0.3 is 20.3 Å². The molecule has 37 heavy (non-hydrogen) atoms. The molecular weight excluding hydrogens is 584 g/mol. The summed E-state index contributed by atoms with van der Waals surface area (Å²) >= 11 is 9.56. The number of rotatable bonds is 8. The number of benzene rings is 3. The second kappa shape index (κ2) is 12.0. The van der Waals surface area contributed by atoms with Gasteiger partial charge in [-0.25, -0.2) is 8.42 Å². The Hall–Kier alpha value is -3.12. The van der Waals surface area contributed by atoms with E-state index < -0.39 is 15.9 Å². The number of para-hydroxylation sites is 2. The minimum atomic E-state index is -4.00. The van der Waals surface area contributed by atoms with Crippen molar-refractivity contribution in [2.24, 2.45) is 0 Å². The number of amides is 2. The molecule has 1 aliphatic rings. The molecule has 9 nitrogen and oxygen atoms in total. The number of ether oxygens (including phenoxy) is 1. The normalized spacial score (nSPS) is 13.6. The maximum absolute atomic E-state index is 13.0. The van der Waals surface area contributed by atoms with Crippen molar-refractivity contribution in [2.45, 2.75) is 4.90 Å². The lowest BCUT2D eigenvalue weighted by atomic mass is 10.2. The van der Waals surface area contributed by atoms with Crippen LogP contribution in [-0.2, 0) is 14.8 Å². The van der Waals surface area contributed by atoms with Crippen LogP contribution in [-0.4, -0.2) is 57.9 Å². The van der Waals surface area contributed by atoms with Crippen LogP contribution in [0, 0.1) is 0 Å². The van der Waals surface area contributed by atoms with Crippen molar-refractivity contribution in [2.75, 3.05) is 37.4 Å². The molecule has 0 aliphatic carbocycles. The van der Waals surface area contributed by atoms with Crippen molar-refractivity contribution < 1.29 is 22.7 Å². The molecule has 4 rings (SSSR count). The van der Waals surface area contributed by atoms with E-state index in [-0.39, 0.29) is 34.3 Å². The van der Waals surface area contributed by atoms with Gasteiger partial charge in [0, 0.05) is 36.2 Å². The minimum Gasteiger partial charge on any atom is -0.454 e. The van der Waals surface area contributed by atoms with Crippen LogP contribution < -0.4 is 20.1 Å². The minimum absolute atomic E-state index is 0.0441. The number of hydrogen-bond donors (Lipinski definition) is 3. The first-order valence-electron chi connectivity index (χ1n) is 11.3. The first kappa shape index (κ1) is 26.9. The topological polar surface area (TPSA) is 117 Å². The van der Waals surface area contributed by atoms with Crippen LogP contribution in [0.25, 0.3) is 0 Å². The maximum atomic E-state index is 13.0. The fraction of sp³-hybridized carbons (Fsp3) is 0.200. The van der Waals surface area contributed by atoms with Crippen LogP contribution in [0.15, 0.2) is 76.1 Å². The lowest BCUT2D eigenvalue weighted by Gasteiger charge is -2.27. The van der Waals surface area contributed by atoms with E-state index in [0.29, 0.717) is 23.9 Å². The largest absolute Gasteiger partial charge is 0.454 e. The van der Waals surface area contributed by atoms with Crippen molar-refractivity contribution >= 4 is 55.1 Å². The van der Waals surface area contributed by atoms with Gasteiger partial charge in [0.2, 0.25) is 5.91 Å². The molecule has 1 heterocycles. The second-order valence-electron chi connectivity index (χ2n) is 8.12. The molecule has 0 spiro atoms. The van der Waals surface area contributed by atoms with E-state index in [1.54, 1.807) is 47.4 Å². The first-order chi connectivity index (χ1) is 17.7. The van der Waals surface area contributed by atoms with Gasteiger partial charge in [-0.2, -0.15) is 0 Å². The quantitative estimate of drug-likeness (QED) is 0.358. The highest BCUT2D eigenvalue weighted by Crippen LogP contribution is 2.35. The van der Waals surface area contributed by atoms with Crippen molar-refractivity contribution in [3.63, 3.8) is 0 Å². The number of nitrogens with zero attached hydrogens (tertiary/aromatic N) is 1. The Kier molecular flexibility index (Phi) is 8.70. The van der Waals surface area contributed by atoms with E-state index in [1.807, 2.05) is 0 Å². The van der Waals surface area contributed by atoms with Crippen molar-refractivity contribution in [3.8, 4) is 11.5 Å². The van der Waals surface area contributed by atoms with E-state index in [9.17, 15) is 18.0 Å². The molecule has 1 aliphatic heterocycles. The summed E-state index contributed by atoms with van der Waals surface area (Å²) in [5.74, 6) is -0.00293. The van der Waals surface area contributed by atoms with Gasteiger partial charge >= 0.3 is 0 Å². The maximum Gasteiger partial charge on any atom is 0.262 e. The summed E-state index contributed by atoms with van der Waals surface area (Å²) in [6.07, 6.45) is 0. The third-order valence-corrected chi connectivity index (χ3v) is 7.71. The van der Waals surface area contributed by atoms with E-state index >= 15 is 0 Å². The Morgan fingerprint density at radius 2 is 1.70 bits per heavy atom. The lowest BCUT2D eigenvalue weighted by molar-refractivity contribution is -0.130. The van der Waals surface area contributed by atoms with Crippen LogP contribution in [0.2, 0.25) is 5.02 Å². The number of sulfonamides is 1. The molecule has 0 saturated carbocycles. The monoisotopic (exact) mass is 606 g/mol.